The number of hydrogen-bond acceptors (Lipinski definition) is 2. The molecule has 16 heavy (non-hydrogen) atoms. The zero-order valence-electron chi connectivity index (χ0n) is 9.72. The Morgan fingerprint density at radius 2 is 1.88 bits per heavy atom. The Labute approximate surface area is 96.4 Å². The highest BCUT2D eigenvalue weighted by Crippen LogP contribution is 2.20. The maximum absolute atomic E-state index is 4.63. The monoisotopic (exact) mass is 212 g/mol. The summed E-state index contributed by atoms with van der Waals surface area (Å²) < 4.78 is 0. The molecule has 2 rings (SSSR count). The van der Waals surface area contributed by atoms with Crippen molar-refractivity contribution in [3.8, 4) is 0 Å². The van der Waals surface area contributed by atoms with E-state index < -0.39 is 0 Å². The van der Waals surface area contributed by atoms with Crippen molar-refractivity contribution in [1.29, 1.82) is 0 Å². The number of pyridine rings is 2. The minimum Gasteiger partial charge on any atom is -0.261 e. The highest BCUT2D eigenvalue weighted by atomic mass is 14.7. The molecule has 82 valence electrons. The topological polar surface area (TPSA) is 25.8 Å². The molecular weight excluding hydrogens is 196 g/mol. The summed E-state index contributed by atoms with van der Waals surface area (Å²) in [4.78, 5) is 9.00. The van der Waals surface area contributed by atoms with Gasteiger partial charge >= 0.3 is 0 Å². The zero-order chi connectivity index (χ0) is 11.4. The number of aromatic nitrogens is 2. The Kier molecular flexibility index (Phi) is 3.30. The third-order valence-electron chi connectivity index (χ3n) is 2.77. The van der Waals surface area contributed by atoms with Gasteiger partial charge in [0.25, 0.3) is 0 Å². The minimum atomic E-state index is 0.257. The molecule has 0 aliphatic carbocycles. The van der Waals surface area contributed by atoms with E-state index in [4.69, 9.17) is 0 Å². The lowest BCUT2D eigenvalue weighted by molar-refractivity contribution is 0.817. The molecule has 0 N–H and O–H groups in total. The molecule has 0 amide bonds. The van der Waals surface area contributed by atoms with Crippen LogP contribution in [0.1, 0.15) is 36.8 Å². The summed E-state index contributed by atoms with van der Waals surface area (Å²) >= 11 is 0. The van der Waals surface area contributed by atoms with Gasteiger partial charge in [-0.05, 0) is 30.7 Å². The molecule has 0 aliphatic heterocycles. The highest BCUT2D eigenvalue weighted by molar-refractivity contribution is 5.23. The van der Waals surface area contributed by atoms with E-state index in [1.54, 1.807) is 0 Å². The number of rotatable bonds is 3. The molecule has 2 nitrogen and oxygen atoms in total. The number of aryl methyl sites for hydroxylation is 1. The molecule has 2 heteroatoms. The summed E-state index contributed by atoms with van der Waals surface area (Å²) in [5.41, 5.74) is 3.31. The van der Waals surface area contributed by atoms with Crippen molar-refractivity contribution < 1.29 is 0 Å². The van der Waals surface area contributed by atoms with Crippen LogP contribution in [0.3, 0.4) is 0 Å². The second-order valence-corrected chi connectivity index (χ2v) is 3.88. The van der Waals surface area contributed by atoms with Crippen molar-refractivity contribution in [1.82, 2.24) is 9.97 Å². The van der Waals surface area contributed by atoms with Crippen molar-refractivity contribution in [3.05, 3.63) is 59.7 Å². The summed E-state index contributed by atoms with van der Waals surface area (Å²) in [5.74, 6) is 0.257. The molecule has 1 unspecified atom stereocenters. The van der Waals surface area contributed by atoms with Crippen molar-refractivity contribution in [2.75, 3.05) is 0 Å². The molecule has 0 spiro atoms. The number of hydrogen-bond donors (Lipinski definition) is 0. The van der Waals surface area contributed by atoms with Crippen molar-refractivity contribution in [3.63, 3.8) is 0 Å². The third-order valence-corrected chi connectivity index (χ3v) is 2.77. The SMILES string of the molecule is CCc1cccc(C(C)c2ccccn2)n1. The quantitative estimate of drug-likeness (QED) is 0.780. The molecule has 1 atom stereocenters. The van der Waals surface area contributed by atoms with E-state index in [1.807, 2.05) is 24.4 Å². The molecule has 2 aromatic rings. The van der Waals surface area contributed by atoms with E-state index in [-0.39, 0.29) is 5.92 Å². The van der Waals surface area contributed by atoms with Gasteiger partial charge in [-0.1, -0.05) is 26.0 Å². The normalized spacial score (nSPS) is 12.4. The highest BCUT2D eigenvalue weighted by Gasteiger charge is 2.10. The molecule has 0 bridgehead atoms. The molecule has 0 fully saturated rings. The molecule has 0 aliphatic rings. The van der Waals surface area contributed by atoms with Crippen LogP contribution >= 0.6 is 0 Å². The van der Waals surface area contributed by atoms with Crippen LogP contribution in [0.4, 0.5) is 0 Å². The summed E-state index contributed by atoms with van der Waals surface area (Å²) in [6.45, 7) is 4.27. The van der Waals surface area contributed by atoms with Crippen LogP contribution in [0.15, 0.2) is 42.6 Å². The molecule has 0 saturated heterocycles. The van der Waals surface area contributed by atoms with E-state index >= 15 is 0 Å². The first-order valence-electron chi connectivity index (χ1n) is 5.68. The second kappa shape index (κ2) is 4.88. The smallest absolute Gasteiger partial charge is 0.0494 e. The third kappa shape index (κ3) is 2.27. The van der Waals surface area contributed by atoms with Crippen LogP contribution in [-0.2, 0) is 6.42 Å². The number of nitrogens with zero attached hydrogens (tertiary/aromatic N) is 2. The van der Waals surface area contributed by atoms with Crippen molar-refractivity contribution in [2.45, 2.75) is 26.2 Å². The summed E-state index contributed by atoms with van der Waals surface area (Å²) in [6.07, 6.45) is 2.80. The zero-order valence-corrected chi connectivity index (χ0v) is 9.72. The van der Waals surface area contributed by atoms with Gasteiger partial charge in [0.15, 0.2) is 0 Å². The van der Waals surface area contributed by atoms with Crippen molar-refractivity contribution in [2.24, 2.45) is 0 Å². The first-order valence-corrected chi connectivity index (χ1v) is 5.68. The second-order valence-electron chi connectivity index (χ2n) is 3.88. The van der Waals surface area contributed by atoms with Crippen LogP contribution in [0, 0.1) is 0 Å². The largest absolute Gasteiger partial charge is 0.261 e. The summed E-state index contributed by atoms with van der Waals surface area (Å²) in [5, 5.41) is 0. The summed E-state index contributed by atoms with van der Waals surface area (Å²) in [7, 11) is 0. The van der Waals surface area contributed by atoms with Crippen LogP contribution < -0.4 is 0 Å². The molecule has 0 aromatic carbocycles. The lowest BCUT2D eigenvalue weighted by atomic mass is 10.0. The first-order chi connectivity index (χ1) is 7.81. The fraction of sp³-hybridized carbons (Fsp3) is 0.286. The minimum absolute atomic E-state index is 0.257. The van der Waals surface area contributed by atoms with Crippen LogP contribution in [0.5, 0.6) is 0 Å². The van der Waals surface area contributed by atoms with E-state index in [0.29, 0.717) is 0 Å². The Morgan fingerprint density at radius 1 is 1.06 bits per heavy atom. The Bertz CT molecular complexity index is 451. The molecule has 2 aromatic heterocycles. The van der Waals surface area contributed by atoms with Gasteiger partial charge in [-0.3, -0.25) is 9.97 Å². The van der Waals surface area contributed by atoms with E-state index in [1.165, 1.54) is 0 Å². The molecule has 2 heterocycles. The lowest BCUT2D eigenvalue weighted by Gasteiger charge is -2.11. The van der Waals surface area contributed by atoms with E-state index in [9.17, 15) is 0 Å². The molecular formula is C14H16N2. The first kappa shape index (κ1) is 10.8. The van der Waals surface area contributed by atoms with Gasteiger partial charge in [0.2, 0.25) is 0 Å². The fourth-order valence-corrected chi connectivity index (χ4v) is 1.72. The van der Waals surface area contributed by atoms with E-state index in [2.05, 4.69) is 42.0 Å². The van der Waals surface area contributed by atoms with Crippen LogP contribution in [-0.4, -0.2) is 9.97 Å². The van der Waals surface area contributed by atoms with Crippen LogP contribution in [0.2, 0.25) is 0 Å². The maximum atomic E-state index is 4.63. The average molecular weight is 212 g/mol. The van der Waals surface area contributed by atoms with E-state index in [0.717, 1.165) is 23.5 Å². The summed E-state index contributed by atoms with van der Waals surface area (Å²) in [6, 6.07) is 12.2. The van der Waals surface area contributed by atoms with Gasteiger partial charge in [-0.15, -0.1) is 0 Å². The average Bonchev–Trinajstić information content (AvgIpc) is 2.39. The standard InChI is InChI=1S/C14H16N2/c1-3-12-7-6-9-14(16-12)11(2)13-8-4-5-10-15-13/h4-11H,3H2,1-2H3. The van der Waals surface area contributed by atoms with Gasteiger partial charge < -0.3 is 0 Å². The Hall–Kier alpha value is -1.70. The van der Waals surface area contributed by atoms with Crippen LogP contribution in [0.25, 0.3) is 0 Å². The molecule has 0 saturated carbocycles. The van der Waals surface area contributed by atoms with Gasteiger partial charge in [0.05, 0.1) is 0 Å². The predicted molar refractivity (Wildman–Crippen MR) is 65.4 cm³/mol. The maximum Gasteiger partial charge on any atom is 0.0494 e. The fourth-order valence-electron chi connectivity index (χ4n) is 1.72. The lowest BCUT2D eigenvalue weighted by Crippen LogP contribution is -2.02. The van der Waals surface area contributed by atoms with Crippen molar-refractivity contribution >= 4 is 0 Å². The van der Waals surface area contributed by atoms with Gasteiger partial charge in [-0.25, -0.2) is 0 Å². The van der Waals surface area contributed by atoms with Gasteiger partial charge in [-0.2, -0.15) is 0 Å². The Balaban J connectivity index is 2.30. The Morgan fingerprint density at radius 3 is 2.56 bits per heavy atom. The van der Waals surface area contributed by atoms with Gasteiger partial charge in [0, 0.05) is 29.2 Å². The van der Waals surface area contributed by atoms with Gasteiger partial charge in [0.1, 0.15) is 0 Å². The predicted octanol–water partition coefficient (Wildman–Crippen LogP) is 3.19. The molecule has 0 radical (unpaired) electrons.